The van der Waals surface area contributed by atoms with Crippen molar-refractivity contribution in [1.82, 2.24) is 9.97 Å². The van der Waals surface area contributed by atoms with Crippen LogP contribution >= 0.6 is 0 Å². The molecule has 4 heteroatoms. The van der Waals surface area contributed by atoms with E-state index in [9.17, 15) is 0 Å². The lowest BCUT2D eigenvalue weighted by Crippen LogP contribution is -1.98. The number of aromatic nitrogens is 2. The minimum absolute atomic E-state index is 0.556. The molecule has 0 spiro atoms. The van der Waals surface area contributed by atoms with E-state index in [1.807, 2.05) is 32.2 Å². The second-order valence-corrected chi connectivity index (χ2v) is 3.99. The van der Waals surface area contributed by atoms with Crippen molar-refractivity contribution in [2.45, 2.75) is 20.3 Å². The molecule has 0 aliphatic heterocycles. The van der Waals surface area contributed by atoms with Gasteiger partial charge in [-0.05, 0) is 31.0 Å². The van der Waals surface area contributed by atoms with Crippen LogP contribution in [0, 0.1) is 6.92 Å². The molecule has 1 aromatic heterocycles. The van der Waals surface area contributed by atoms with Gasteiger partial charge in [-0.1, -0.05) is 19.1 Å². The van der Waals surface area contributed by atoms with Gasteiger partial charge in [-0.25, -0.2) is 4.98 Å². The summed E-state index contributed by atoms with van der Waals surface area (Å²) in [5, 5.41) is 2.99. The normalized spacial score (nSPS) is 10.2. The molecular formula is C14H17N3O. The van der Waals surface area contributed by atoms with Gasteiger partial charge in [0.1, 0.15) is 17.4 Å². The summed E-state index contributed by atoms with van der Waals surface area (Å²) in [6, 6.07) is 9.80. The first-order valence-corrected chi connectivity index (χ1v) is 6.01. The Labute approximate surface area is 107 Å². The highest BCUT2D eigenvalue weighted by molar-refractivity contribution is 5.39. The second kappa shape index (κ2) is 5.49. The van der Waals surface area contributed by atoms with Gasteiger partial charge in [-0.3, -0.25) is 0 Å². The summed E-state index contributed by atoms with van der Waals surface area (Å²) in [6.07, 6.45) is 0.988. The Morgan fingerprint density at radius 2 is 2.06 bits per heavy atom. The molecule has 18 heavy (non-hydrogen) atoms. The van der Waals surface area contributed by atoms with Gasteiger partial charge >= 0.3 is 0 Å². The molecule has 0 radical (unpaired) electrons. The van der Waals surface area contributed by atoms with E-state index in [2.05, 4.69) is 28.3 Å². The molecule has 1 heterocycles. The van der Waals surface area contributed by atoms with Crippen LogP contribution in [0.2, 0.25) is 0 Å². The molecule has 0 aliphatic carbocycles. The van der Waals surface area contributed by atoms with Gasteiger partial charge in [-0.15, -0.1) is 0 Å². The summed E-state index contributed by atoms with van der Waals surface area (Å²) in [6.45, 7) is 3.96. The standard InChI is InChI=1S/C14H17N3O/c1-4-11-6-5-7-12(8-11)18-14-9-13(15-3)16-10(2)17-14/h5-9H,4H2,1-3H3,(H,15,16,17). The molecule has 2 aromatic rings. The number of ether oxygens (including phenoxy) is 1. The molecule has 2 rings (SSSR count). The molecular weight excluding hydrogens is 226 g/mol. The van der Waals surface area contributed by atoms with Gasteiger partial charge in [0.15, 0.2) is 0 Å². The van der Waals surface area contributed by atoms with Crippen LogP contribution < -0.4 is 10.1 Å². The minimum atomic E-state index is 0.556. The molecule has 0 fully saturated rings. The zero-order valence-corrected chi connectivity index (χ0v) is 10.9. The van der Waals surface area contributed by atoms with E-state index in [4.69, 9.17) is 4.74 Å². The number of hydrogen-bond acceptors (Lipinski definition) is 4. The van der Waals surface area contributed by atoms with Gasteiger partial charge in [0.2, 0.25) is 5.88 Å². The number of hydrogen-bond donors (Lipinski definition) is 1. The van der Waals surface area contributed by atoms with E-state index in [0.29, 0.717) is 11.7 Å². The van der Waals surface area contributed by atoms with Gasteiger partial charge in [0.25, 0.3) is 0 Å². The number of nitrogens with zero attached hydrogens (tertiary/aromatic N) is 2. The van der Waals surface area contributed by atoms with Crippen LogP contribution in [0.5, 0.6) is 11.6 Å². The highest BCUT2D eigenvalue weighted by Gasteiger charge is 2.03. The van der Waals surface area contributed by atoms with Gasteiger partial charge in [0.05, 0.1) is 0 Å². The average Bonchev–Trinajstić information content (AvgIpc) is 2.38. The minimum Gasteiger partial charge on any atom is -0.439 e. The third-order valence-electron chi connectivity index (χ3n) is 2.60. The van der Waals surface area contributed by atoms with Crippen LogP contribution in [0.25, 0.3) is 0 Å². The van der Waals surface area contributed by atoms with Crippen LogP contribution in [0.4, 0.5) is 5.82 Å². The van der Waals surface area contributed by atoms with Crippen molar-refractivity contribution in [3.8, 4) is 11.6 Å². The summed E-state index contributed by atoms with van der Waals surface area (Å²) in [7, 11) is 1.82. The fourth-order valence-electron chi connectivity index (χ4n) is 1.67. The monoisotopic (exact) mass is 243 g/mol. The van der Waals surface area contributed by atoms with E-state index in [-0.39, 0.29) is 0 Å². The summed E-state index contributed by atoms with van der Waals surface area (Å²) < 4.78 is 5.75. The van der Waals surface area contributed by atoms with E-state index in [1.165, 1.54) is 5.56 Å². The summed E-state index contributed by atoms with van der Waals surface area (Å²) in [5.74, 6) is 2.79. The molecule has 0 bridgehead atoms. The van der Waals surface area contributed by atoms with Gasteiger partial charge in [-0.2, -0.15) is 4.98 Å². The Morgan fingerprint density at radius 1 is 1.22 bits per heavy atom. The summed E-state index contributed by atoms with van der Waals surface area (Å²) in [4.78, 5) is 8.48. The molecule has 0 aliphatic rings. The summed E-state index contributed by atoms with van der Waals surface area (Å²) in [5.41, 5.74) is 1.24. The smallest absolute Gasteiger partial charge is 0.224 e. The second-order valence-electron chi connectivity index (χ2n) is 3.99. The topological polar surface area (TPSA) is 47.0 Å². The Morgan fingerprint density at radius 3 is 2.78 bits per heavy atom. The van der Waals surface area contributed by atoms with Crippen molar-refractivity contribution in [3.63, 3.8) is 0 Å². The zero-order chi connectivity index (χ0) is 13.0. The molecule has 0 atom stereocenters. The van der Waals surface area contributed by atoms with Gasteiger partial charge in [0, 0.05) is 13.1 Å². The maximum absolute atomic E-state index is 5.75. The fourth-order valence-corrected chi connectivity index (χ4v) is 1.67. The predicted molar refractivity (Wildman–Crippen MR) is 72.2 cm³/mol. The van der Waals surface area contributed by atoms with E-state index >= 15 is 0 Å². The first kappa shape index (κ1) is 12.4. The van der Waals surface area contributed by atoms with E-state index in [0.717, 1.165) is 18.0 Å². The van der Waals surface area contributed by atoms with Crippen molar-refractivity contribution in [2.24, 2.45) is 0 Å². The molecule has 4 nitrogen and oxygen atoms in total. The lowest BCUT2D eigenvalue weighted by atomic mass is 10.2. The quantitative estimate of drug-likeness (QED) is 0.895. The third kappa shape index (κ3) is 2.97. The van der Waals surface area contributed by atoms with E-state index < -0.39 is 0 Å². The van der Waals surface area contributed by atoms with Crippen molar-refractivity contribution in [3.05, 3.63) is 41.7 Å². The largest absolute Gasteiger partial charge is 0.439 e. The first-order valence-electron chi connectivity index (χ1n) is 6.01. The van der Waals surface area contributed by atoms with Crippen molar-refractivity contribution < 1.29 is 4.74 Å². The van der Waals surface area contributed by atoms with Crippen LogP contribution in [0.15, 0.2) is 30.3 Å². The molecule has 0 unspecified atom stereocenters. The maximum atomic E-state index is 5.75. The number of aryl methyl sites for hydroxylation is 2. The Balaban J connectivity index is 2.24. The Bertz CT molecular complexity index is 540. The van der Waals surface area contributed by atoms with Crippen LogP contribution in [0.1, 0.15) is 18.3 Å². The molecule has 1 N–H and O–H groups in total. The molecule has 1 aromatic carbocycles. The number of anilines is 1. The third-order valence-corrected chi connectivity index (χ3v) is 2.60. The molecule has 94 valence electrons. The van der Waals surface area contributed by atoms with Crippen LogP contribution in [0.3, 0.4) is 0 Å². The van der Waals surface area contributed by atoms with E-state index in [1.54, 1.807) is 6.07 Å². The highest BCUT2D eigenvalue weighted by atomic mass is 16.5. The Hall–Kier alpha value is -2.10. The maximum Gasteiger partial charge on any atom is 0.224 e. The van der Waals surface area contributed by atoms with Crippen molar-refractivity contribution >= 4 is 5.82 Å². The lowest BCUT2D eigenvalue weighted by Gasteiger charge is -2.08. The predicted octanol–water partition coefficient (Wildman–Crippen LogP) is 3.18. The fraction of sp³-hybridized carbons (Fsp3) is 0.286. The lowest BCUT2D eigenvalue weighted by molar-refractivity contribution is 0.459. The molecule has 0 amide bonds. The molecule has 0 saturated carbocycles. The summed E-state index contributed by atoms with van der Waals surface area (Å²) >= 11 is 0. The Kier molecular flexibility index (Phi) is 3.77. The number of benzene rings is 1. The van der Waals surface area contributed by atoms with Crippen molar-refractivity contribution in [1.29, 1.82) is 0 Å². The SMILES string of the molecule is CCc1cccc(Oc2cc(NC)nc(C)n2)c1. The van der Waals surface area contributed by atoms with Gasteiger partial charge < -0.3 is 10.1 Å². The highest BCUT2D eigenvalue weighted by Crippen LogP contribution is 2.22. The molecule has 0 saturated heterocycles. The van der Waals surface area contributed by atoms with Crippen LogP contribution in [-0.2, 0) is 6.42 Å². The van der Waals surface area contributed by atoms with Crippen molar-refractivity contribution in [2.75, 3.05) is 12.4 Å². The number of rotatable bonds is 4. The average molecular weight is 243 g/mol. The number of nitrogens with one attached hydrogen (secondary N) is 1. The van der Waals surface area contributed by atoms with Crippen LogP contribution in [-0.4, -0.2) is 17.0 Å². The zero-order valence-electron chi connectivity index (χ0n) is 10.9. The first-order chi connectivity index (χ1) is 8.71.